The highest BCUT2D eigenvalue weighted by atomic mass is 32.2. The molecule has 33 heavy (non-hydrogen) atoms. The van der Waals surface area contributed by atoms with Gasteiger partial charge in [-0.3, -0.25) is 20.2 Å². The number of hydrogen-bond donors (Lipinski definition) is 1. The molecule has 0 fully saturated rings. The van der Waals surface area contributed by atoms with Gasteiger partial charge in [-0.05, 0) is 36.8 Å². The van der Waals surface area contributed by atoms with Crippen LogP contribution in [0.4, 0.5) is 5.69 Å². The number of hydrogen-bond acceptors (Lipinski definition) is 8. The van der Waals surface area contributed by atoms with E-state index in [0.29, 0.717) is 38.5 Å². The SMILES string of the molecule is CCCSC1=NN2C(=c3ccccc3=N[C@@H]2c2ccc(-c3ccc([N+](=O)[O-])cc3)o2)C(=O)N1. The van der Waals surface area contributed by atoms with E-state index in [-0.39, 0.29) is 11.6 Å². The summed E-state index contributed by atoms with van der Waals surface area (Å²) in [7, 11) is 0. The number of fused-ring (bicyclic) bond motifs is 2. The largest absolute Gasteiger partial charge is 0.457 e. The summed E-state index contributed by atoms with van der Waals surface area (Å²) in [5.41, 5.74) is 1.13. The molecule has 0 radical (unpaired) electrons. The van der Waals surface area contributed by atoms with E-state index in [1.165, 1.54) is 23.9 Å². The summed E-state index contributed by atoms with van der Waals surface area (Å²) in [6.07, 6.45) is 0.286. The molecule has 0 saturated carbocycles. The van der Waals surface area contributed by atoms with Crippen LogP contribution in [0.25, 0.3) is 17.0 Å². The molecule has 1 aromatic heterocycles. The van der Waals surface area contributed by atoms with Crippen LogP contribution in [0.3, 0.4) is 0 Å². The second-order valence-corrected chi connectivity index (χ2v) is 8.51. The quantitative estimate of drug-likeness (QED) is 0.461. The maximum atomic E-state index is 13.0. The van der Waals surface area contributed by atoms with Gasteiger partial charge in [0.2, 0.25) is 6.17 Å². The first kappa shape index (κ1) is 21.0. The summed E-state index contributed by atoms with van der Waals surface area (Å²) in [4.78, 5) is 28.3. The molecule has 3 aromatic rings. The molecular formula is C23H19N5O4S. The molecule has 0 aliphatic carbocycles. The van der Waals surface area contributed by atoms with Gasteiger partial charge in [0.1, 0.15) is 11.5 Å². The molecule has 2 aliphatic rings. The maximum Gasteiger partial charge on any atom is 0.276 e. The Bertz CT molecular complexity index is 1400. The average Bonchev–Trinajstić information content (AvgIpc) is 3.32. The molecule has 0 unspecified atom stereocenters. The maximum absolute atomic E-state index is 13.0. The predicted octanol–water partition coefficient (Wildman–Crippen LogP) is 3.14. The molecule has 166 valence electrons. The lowest BCUT2D eigenvalue weighted by molar-refractivity contribution is -0.384. The zero-order chi connectivity index (χ0) is 22.9. The molecule has 2 aliphatic heterocycles. The summed E-state index contributed by atoms with van der Waals surface area (Å²) in [6, 6.07) is 17.1. The molecule has 0 bridgehead atoms. The van der Waals surface area contributed by atoms with Gasteiger partial charge in [-0.15, -0.1) is 5.10 Å². The number of furan rings is 1. The fraction of sp³-hybridized carbons (Fsp3) is 0.174. The topological polar surface area (TPSA) is 113 Å². The van der Waals surface area contributed by atoms with Crippen molar-refractivity contribution in [3.63, 3.8) is 0 Å². The molecule has 9 nitrogen and oxygen atoms in total. The Morgan fingerprint density at radius 1 is 1.15 bits per heavy atom. The number of carbonyl (C=O) groups is 1. The third-order valence-corrected chi connectivity index (χ3v) is 6.27. The van der Waals surface area contributed by atoms with E-state index in [1.807, 2.05) is 24.3 Å². The highest BCUT2D eigenvalue weighted by Crippen LogP contribution is 2.34. The van der Waals surface area contributed by atoms with E-state index in [1.54, 1.807) is 29.3 Å². The van der Waals surface area contributed by atoms with Crippen molar-refractivity contribution < 1.29 is 14.1 Å². The number of para-hydroxylation sites is 1. The van der Waals surface area contributed by atoms with E-state index in [4.69, 9.17) is 9.41 Å². The highest BCUT2D eigenvalue weighted by Gasteiger charge is 2.35. The van der Waals surface area contributed by atoms with Crippen LogP contribution >= 0.6 is 11.8 Å². The molecule has 10 heteroatoms. The number of benzene rings is 2. The lowest BCUT2D eigenvalue weighted by atomic mass is 10.1. The Hall–Kier alpha value is -3.92. The van der Waals surface area contributed by atoms with Crippen LogP contribution in [0.15, 0.2) is 75.2 Å². The molecular weight excluding hydrogens is 442 g/mol. The van der Waals surface area contributed by atoms with Crippen LogP contribution in [-0.2, 0) is 4.79 Å². The number of hydrazone groups is 1. The molecule has 0 spiro atoms. The van der Waals surface area contributed by atoms with Crippen molar-refractivity contribution in [1.82, 2.24) is 10.3 Å². The highest BCUT2D eigenvalue weighted by molar-refractivity contribution is 8.13. The zero-order valence-electron chi connectivity index (χ0n) is 17.6. The molecule has 1 atom stereocenters. The second kappa shape index (κ2) is 8.55. The predicted molar refractivity (Wildman–Crippen MR) is 124 cm³/mol. The first-order valence-corrected chi connectivity index (χ1v) is 11.4. The number of amides is 1. The van der Waals surface area contributed by atoms with Crippen LogP contribution in [-0.4, -0.2) is 26.8 Å². The number of thioether (sulfide) groups is 1. The molecule has 3 heterocycles. The van der Waals surface area contributed by atoms with Crippen molar-refractivity contribution in [1.29, 1.82) is 0 Å². The minimum absolute atomic E-state index is 0.00874. The second-order valence-electron chi connectivity index (χ2n) is 7.43. The summed E-state index contributed by atoms with van der Waals surface area (Å²) < 4.78 is 6.10. The van der Waals surface area contributed by atoms with Gasteiger partial charge in [0.25, 0.3) is 11.6 Å². The lowest BCUT2D eigenvalue weighted by Crippen LogP contribution is -2.50. The van der Waals surface area contributed by atoms with Gasteiger partial charge in [0, 0.05) is 28.7 Å². The number of nitrogens with one attached hydrogen (secondary N) is 1. The Morgan fingerprint density at radius 2 is 1.94 bits per heavy atom. The number of nitrogens with zero attached hydrogens (tertiary/aromatic N) is 4. The fourth-order valence-electron chi connectivity index (χ4n) is 3.67. The molecule has 1 amide bonds. The Kier molecular flexibility index (Phi) is 5.43. The normalized spacial score (nSPS) is 16.9. The molecule has 1 N–H and O–H groups in total. The van der Waals surface area contributed by atoms with E-state index in [9.17, 15) is 14.9 Å². The van der Waals surface area contributed by atoms with Crippen molar-refractivity contribution in [2.75, 3.05) is 5.75 Å². The number of rotatable bonds is 5. The van der Waals surface area contributed by atoms with Gasteiger partial charge in [-0.2, -0.15) is 0 Å². The van der Waals surface area contributed by atoms with Crippen molar-refractivity contribution in [2.45, 2.75) is 19.5 Å². The van der Waals surface area contributed by atoms with Gasteiger partial charge >= 0.3 is 0 Å². The number of nitro groups is 1. The fourth-order valence-corrected chi connectivity index (χ4v) is 4.38. The monoisotopic (exact) mass is 461 g/mol. The third kappa shape index (κ3) is 3.89. The lowest BCUT2D eigenvalue weighted by Gasteiger charge is -2.32. The van der Waals surface area contributed by atoms with E-state index < -0.39 is 11.1 Å². The van der Waals surface area contributed by atoms with Gasteiger partial charge in [0.15, 0.2) is 10.9 Å². The number of non-ortho nitro benzene ring substituents is 1. The van der Waals surface area contributed by atoms with Crippen LogP contribution in [0.5, 0.6) is 0 Å². The van der Waals surface area contributed by atoms with Gasteiger partial charge in [0.05, 0.1) is 10.3 Å². The van der Waals surface area contributed by atoms with Gasteiger partial charge in [-0.1, -0.05) is 36.9 Å². The molecule has 2 aromatic carbocycles. The smallest absolute Gasteiger partial charge is 0.276 e. The Balaban J connectivity index is 1.57. The molecule has 5 rings (SSSR count). The van der Waals surface area contributed by atoms with E-state index >= 15 is 0 Å². The van der Waals surface area contributed by atoms with Crippen LogP contribution in [0.2, 0.25) is 0 Å². The number of nitro benzene ring substituents is 1. The molecule has 0 saturated heterocycles. The van der Waals surface area contributed by atoms with Gasteiger partial charge < -0.3 is 4.42 Å². The minimum atomic E-state index is -0.662. The zero-order valence-corrected chi connectivity index (χ0v) is 18.4. The van der Waals surface area contributed by atoms with Crippen molar-refractivity contribution in [2.24, 2.45) is 10.1 Å². The van der Waals surface area contributed by atoms with Crippen molar-refractivity contribution >= 4 is 34.2 Å². The summed E-state index contributed by atoms with van der Waals surface area (Å²) in [5.74, 6) is 1.64. The van der Waals surface area contributed by atoms with Gasteiger partial charge in [-0.25, -0.2) is 10.0 Å². The Morgan fingerprint density at radius 3 is 2.70 bits per heavy atom. The van der Waals surface area contributed by atoms with Crippen LogP contribution in [0, 0.1) is 10.1 Å². The van der Waals surface area contributed by atoms with Crippen LogP contribution < -0.4 is 15.9 Å². The summed E-state index contributed by atoms with van der Waals surface area (Å²) in [6.45, 7) is 2.06. The Labute approximate surface area is 192 Å². The van der Waals surface area contributed by atoms with E-state index in [2.05, 4.69) is 17.3 Å². The standard InChI is InChI=1S/C23H19N5O4S/c1-2-13-33-23-25-22(29)20-16-5-3-4-6-17(16)24-21(27(20)26-23)19-12-11-18(32-19)14-7-9-15(10-8-14)28(30)31/h3-12,21H,2,13H2,1H3,(H,25,26,29)/t21-/m0/s1. The minimum Gasteiger partial charge on any atom is -0.457 e. The van der Waals surface area contributed by atoms with Crippen molar-refractivity contribution in [3.8, 4) is 11.3 Å². The summed E-state index contributed by atoms with van der Waals surface area (Å²) >= 11 is 1.48. The third-order valence-electron chi connectivity index (χ3n) is 5.20. The average molecular weight is 462 g/mol. The number of amidine groups is 1. The summed E-state index contributed by atoms with van der Waals surface area (Å²) in [5, 5.41) is 22.0. The van der Waals surface area contributed by atoms with E-state index in [0.717, 1.165) is 12.2 Å². The van der Waals surface area contributed by atoms with Crippen LogP contribution in [0.1, 0.15) is 25.3 Å². The first-order chi connectivity index (χ1) is 16.0. The first-order valence-electron chi connectivity index (χ1n) is 10.4. The van der Waals surface area contributed by atoms with Crippen molar-refractivity contribution in [3.05, 3.63) is 87.1 Å². The number of carbonyl (C=O) groups excluding carboxylic acids is 1.